The van der Waals surface area contributed by atoms with Crippen LogP contribution < -0.4 is 0 Å². The van der Waals surface area contributed by atoms with Crippen molar-refractivity contribution in [2.45, 2.75) is 18.9 Å². The maximum atomic E-state index is 12.2. The molecule has 1 aromatic carbocycles. The van der Waals surface area contributed by atoms with Gasteiger partial charge in [0.15, 0.2) is 5.78 Å². The Balaban J connectivity index is 2.15. The molecule has 116 valence electrons. The minimum absolute atomic E-state index is 0.0146. The number of allylic oxidation sites excluding steroid dienone is 1. The zero-order chi connectivity index (χ0) is 16.8. The van der Waals surface area contributed by atoms with Crippen molar-refractivity contribution in [2.24, 2.45) is 0 Å². The second kappa shape index (κ2) is 8.09. The average molecular weight is 387 g/mol. The minimum Gasteiger partial charge on any atom is -0.293 e. The van der Waals surface area contributed by atoms with Crippen LogP contribution in [-0.4, -0.2) is 16.5 Å². The van der Waals surface area contributed by atoms with Gasteiger partial charge in [-0.3, -0.25) is 4.79 Å². The van der Waals surface area contributed by atoms with E-state index < -0.39 is 0 Å². The lowest BCUT2D eigenvalue weighted by molar-refractivity contribution is 0.102. The third-order valence-corrected chi connectivity index (χ3v) is 4.46. The molecule has 2 rings (SSSR count). The fourth-order valence-electron chi connectivity index (χ4n) is 1.88. The fourth-order valence-corrected chi connectivity index (χ4v) is 3.02. The first-order valence-corrected chi connectivity index (χ1v) is 8.75. The van der Waals surface area contributed by atoms with E-state index in [0.29, 0.717) is 16.2 Å². The van der Waals surface area contributed by atoms with Gasteiger partial charge in [0.1, 0.15) is 11.1 Å². The van der Waals surface area contributed by atoms with Crippen molar-refractivity contribution in [1.82, 2.24) is 4.98 Å². The monoisotopic (exact) mass is 386 g/mol. The Hall–Kier alpha value is -1.90. The molecule has 0 N–H and O–H groups in total. The maximum Gasteiger partial charge on any atom is 0.173 e. The smallest absolute Gasteiger partial charge is 0.173 e. The molecule has 0 radical (unpaired) electrons. The van der Waals surface area contributed by atoms with Gasteiger partial charge in [-0.05, 0) is 44.2 Å². The van der Waals surface area contributed by atoms with Crippen LogP contribution in [0.15, 0.2) is 51.5 Å². The summed E-state index contributed by atoms with van der Waals surface area (Å²) >= 11 is 4.64. The molecule has 3 nitrogen and oxygen atoms in total. The number of aromatic nitrogens is 1. The first-order chi connectivity index (χ1) is 11.0. The summed E-state index contributed by atoms with van der Waals surface area (Å²) in [4.78, 5) is 16.7. The van der Waals surface area contributed by atoms with E-state index in [4.69, 9.17) is 0 Å². The SMILES string of the molecule is CC(C)=Cc1ccc(C#N)c(SCC(=O)c2ccc(Br)cc2)n1. The van der Waals surface area contributed by atoms with Crippen molar-refractivity contribution >= 4 is 39.6 Å². The summed E-state index contributed by atoms with van der Waals surface area (Å²) in [5.41, 5.74) is 3.07. The van der Waals surface area contributed by atoms with Gasteiger partial charge in [0.25, 0.3) is 0 Å². The lowest BCUT2D eigenvalue weighted by atomic mass is 10.2. The molecule has 0 saturated carbocycles. The van der Waals surface area contributed by atoms with Gasteiger partial charge in [0, 0.05) is 10.0 Å². The highest BCUT2D eigenvalue weighted by molar-refractivity contribution is 9.10. The molecule has 0 spiro atoms. The van der Waals surface area contributed by atoms with Crippen molar-refractivity contribution in [3.63, 3.8) is 0 Å². The predicted octanol–water partition coefficient (Wildman–Crippen LogP) is 5.11. The number of benzene rings is 1. The normalized spacial score (nSPS) is 10.0. The number of pyridine rings is 1. The second-order valence-electron chi connectivity index (χ2n) is 5.14. The predicted molar refractivity (Wildman–Crippen MR) is 97.5 cm³/mol. The summed E-state index contributed by atoms with van der Waals surface area (Å²) in [6.07, 6.45) is 1.95. The molecule has 0 unspecified atom stereocenters. The Morgan fingerprint density at radius 3 is 2.57 bits per heavy atom. The molecule has 0 aliphatic carbocycles. The van der Waals surface area contributed by atoms with E-state index in [2.05, 4.69) is 27.0 Å². The molecule has 0 aliphatic heterocycles. The number of nitriles is 1. The highest BCUT2D eigenvalue weighted by Gasteiger charge is 2.11. The van der Waals surface area contributed by atoms with Crippen molar-refractivity contribution < 1.29 is 4.79 Å². The van der Waals surface area contributed by atoms with Crippen LogP contribution in [0.2, 0.25) is 0 Å². The van der Waals surface area contributed by atoms with Gasteiger partial charge in [-0.1, -0.05) is 45.4 Å². The van der Waals surface area contributed by atoms with E-state index in [1.54, 1.807) is 18.2 Å². The third kappa shape index (κ3) is 5.05. The van der Waals surface area contributed by atoms with E-state index in [9.17, 15) is 10.1 Å². The van der Waals surface area contributed by atoms with E-state index in [-0.39, 0.29) is 11.5 Å². The van der Waals surface area contributed by atoms with Crippen LogP contribution in [0.3, 0.4) is 0 Å². The maximum absolute atomic E-state index is 12.2. The first-order valence-electron chi connectivity index (χ1n) is 6.97. The topological polar surface area (TPSA) is 53.8 Å². The summed E-state index contributed by atoms with van der Waals surface area (Å²) in [5.74, 6) is 0.266. The number of Topliss-reactive ketones (excluding diaryl/α,β-unsaturated/α-hetero) is 1. The molecule has 0 atom stereocenters. The Morgan fingerprint density at radius 2 is 1.96 bits per heavy atom. The number of carbonyl (C=O) groups excluding carboxylic acids is 1. The number of thioether (sulfide) groups is 1. The van der Waals surface area contributed by atoms with Gasteiger partial charge < -0.3 is 0 Å². The molecule has 0 aliphatic rings. The second-order valence-corrected chi connectivity index (χ2v) is 7.02. The van der Waals surface area contributed by atoms with Crippen LogP contribution in [-0.2, 0) is 0 Å². The van der Waals surface area contributed by atoms with Crippen LogP contribution >= 0.6 is 27.7 Å². The standard InChI is InChI=1S/C18H15BrN2OS/c1-12(2)9-16-8-5-14(10-20)18(21-16)23-11-17(22)13-3-6-15(19)7-4-13/h3-9H,11H2,1-2H3. The molecule has 0 fully saturated rings. The Morgan fingerprint density at radius 1 is 1.26 bits per heavy atom. The van der Waals surface area contributed by atoms with E-state index in [1.807, 2.05) is 38.1 Å². The molecule has 0 saturated heterocycles. The van der Waals surface area contributed by atoms with E-state index in [0.717, 1.165) is 15.7 Å². The number of carbonyl (C=O) groups is 1. The zero-order valence-corrected chi connectivity index (χ0v) is 15.2. The molecule has 5 heteroatoms. The first kappa shape index (κ1) is 17.5. The lowest BCUT2D eigenvalue weighted by Crippen LogP contribution is -2.03. The minimum atomic E-state index is 0.0146. The Bertz CT molecular complexity index is 788. The van der Waals surface area contributed by atoms with Gasteiger partial charge >= 0.3 is 0 Å². The number of rotatable bonds is 5. The van der Waals surface area contributed by atoms with Crippen LogP contribution in [0.25, 0.3) is 6.08 Å². The number of hydrogen-bond donors (Lipinski definition) is 0. The molecule has 2 aromatic rings. The molecule has 23 heavy (non-hydrogen) atoms. The summed E-state index contributed by atoms with van der Waals surface area (Å²) in [5, 5.41) is 9.79. The number of hydrogen-bond acceptors (Lipinski definition) is 4. The van der Waals surface area contributed by atoms with Crippen molar-refractivity contribution in [3.8, 4) is 6.07 Å². The number of nitrogens with zero attached hydrogens (tertiary/aromatic N) is 2. The summed E-state index contributed by atoms with van der Waals surface area (Å²) in [7, 11) is 0. The van der Waals surface area contributed by atoms with E-state index >= 15 is 0 Å². The van der Waals surface area contributed by atoms with Gasteiger partial charge in [0.05, 0.1) is 17.0 Å². The largest absolute Gasteiger partial charge is 0.293 e. The zero-order valence-electron chi connectivity index (χ0n) is 12.8. The highest BCUT2D eigenvalue weighted by Crippen LogP contribution is 2.23. The van der Waals surface area contributed by atoms with Crippen LogP contribution in [0.1, 0.15) is 35.5 Å². The van der Waals surface area contributed by atoms with Crippen molar-refractivity contribution in [1.29, 1.82) is 5.26 Å². The molecular weight excluding hydrogens is 372 g/mol. The van der Waals surface area contributed by atoms with Crippen LogP contribution in [0.5, 0.6) is 0 Å². The fraction of sp³-hybridized carbons (Fsp3) is 0.167. The number of halogens is 1. The summed E-state index contributed by atoms with van der Waals surface area (Å²) in [6, 6.07) is 12.9. The summed E-state index contributed by atoms with van der Waals surface area (Å²) in [6.45, 7) is 3.98. The van der Waals surface area contributed by atoms with Crippen molar-refractivity contribution in [2.75, 3.05) is 5.75 Å². The van der Waals surface area contributed by atoms with Crippen molar-refractivity contribution in [3.05, 3.63) is 63.3 Å². The lowest BCUT2D eigenvalue weighted by Gasteiger charge is -2.05. The number of ketones is 1. The summed E-state index contributed by atoms with van der Waals surface area (Å²) < 4.78 is 0.935. The van der Waals surface area contributed by atoms with Crippen LogP contribution in [0.4, 0.5) is 0 Å². The molecule has 0 bridgehead atoms. The Kier molecular flexibility index (Phi) is 6.14. The quantitative estimate of drug-likeness (QED) is 0.528. The molecule has 1 aromatic heterocycles. The highest BCUT2D eigenvalue weighted by atomic mass is 79.9. The molecular formula is C18H15BrN2OS. The van der Waals surface area contributed by atoms with E-state index in [1.165, 1.54) is 11.8 Å². The molecule has 0 amide bonds. The third-order valence-electron chi connectivity index (χ3n) is 2.95. The molecule has 1 heterocycles. The van der Waals surface area contributed by atoms with Gasteiger partial charge in [-0.2, -0.15) is 5.26 Å². The van der Waals surface area contributed by atoms with Gasteiger partial charge in [-0.15, -0.1) is 0 Å². The Labute approximate surface area is 148 Å². The average Bonchev–Trinajstić information content (AvgIpc) is 2.53. The van der Waals surface area contributed by atoms with Gasteiger partial charge in [0.2, 0.25) is 0 Å². The van der Waals surface area contributed by atoms with Crippen LogP contribution in [0, 0.1) is 11.3 Å². The van der Waals surface area contributed by atoms with Gasteiger partial charge in [-0.25, -0.2) is 4.98 Å².